The first-order valence-corrected chi connectivity index (χ1v) is 5.49. The highest BCUT2D eigenvalue weighted by atomic mass is 14.6. The van der Waals surface area contributed by atoms with Crippen molar-refractivity contribution in [2.75, 3.05) is 0 Å². The Labute approximate surface area is 85.5 Å². The number of nitrogens with zero attached hydrogens (tertiary/aromatic N) is 2. The van der Waals surface area contributed by atoms with Crippen molar-refractivity contribution in [3.8, 4) is 12.1 Å². The van der Waals surface area contributed by atoms with Crippen LogP contribution in [0, 0.1) is 39.4 Å². The van der Waals surface area contributed by atoms with E-state index in [1.54, 1.807) is 0 Å². The minimum atomic E-state index is -0.0636. The molecule has 14 heavy (non-hydrogen) atoms. The highest BCUT2D eigenvalue weighted by molar-refractivity contribution is 5.15. The quantitative estimate of drug-likeness (QED) is 0.683. The van der Waals surface area contributed by atoms with Gasteiger partial charge < -0.3 is 0 Å². The van der Waals surface area contributed by atoms with Crippen LogP contribution in [0.1, 0.15) is 45.4 Å². The standard InChI is InChI=1S/C12H16N2/c1-10(12(9-14)5-6-12)7-11(8-13)3-2-4-11/h10H,2-7H2,1H3. The predicted molar refractivity (Wildman–Crippen MR) is 53.0 cm³/mol. The van der Waals surface area contributed by atoms with Crippen LogP contribution in [0.25, 0.3) is 0 Å². The van der Waals surface area contributed by atoms with E-state index in [9.17, 15) is 0 Å². The Morgan fingerprint density at radius 2 is 1.79 bits per heavy atom. The number of hydrogen-bond donors (Lipinski definition) is 0. The molecule has 0 amide bonds. The van der Waals surface area contributed by atoms with Crippen LogP contribution in [-0.2, 0) is 0 Å². The first kappa shape index (κ1) is 9.53. The lowest BCUT2D eigenvalue weighted by molar-refractivity contribution is 0.149. The molecule has 0 aliphatic heterocycles. The van der Waals surface area contributed by atoms with Crippen LogP contribution >= 0.6 is 0 Å². The first-order valence-electron chi connectivity index (χ1n) is 5.49. The summed E-state index contributed by atoms with van der Waals surface area (Å²) in [6, 6.07) is 4.90. The fourth-order valence-electron chi connectivity index (χ4n) is 2.60. The van der Waals surface area contributed by atoms with Gasteiger partial charge in [-0.15, -0.1) is 0 Å². The Bertz CT molecular complexity index is 310. The fraction of sp³-hybridized carbons (Fsp3) is 0.833. The van der Waals surface area contributed by atoms with Crippen molar-refractivity contribution in [1.82, 2.24) is 0 Å². The number of hydrogen-bond acceptors (Lipinski definition) is 2. The maximum atomic E-state index is 9.11. The van der Waals surface area contributed by atoms with Crippen LogP contribution in [0.3, 0.4) is 0 Å². The molecule has 0 heterocycles. The molecule has 0 spiro atoms. The van der Waals surface area contributed by atoms with Gasteiger partial charge >= 0.3 is 0 Å². The highest BCUT2D eigenvalue weighted by Crippen LogP contribution is 2.57. The van der Waals surface area contributed by atoms with Crippen molar-refractivity contribution < 1.29 is 0 Å². The van der Waals surface area contributed by atoms with Crippen LogP contribution in [0.2, 0.25) is 0 Å². The molecule has 0 aromatic rings. The van der Waals surface area contributed by atoms with Gasteiger partial charge in [0.05, 0.1) is 23.0 Å². The lowest BCUT2D eigenvalue weighted by atomic mass is 9.63. The van der Waals surface area contributed by atoms with Gasteiger partial charge in [0, 0.05) is 0 Å². The smallest absolute Gasteiger partial charge is 0.0692 e. The van der Waals surface area contributed by atoms with Gasteiger partial charge in [-0.3, -0.25) is 0 Å². The van der Waals surface area contributed by atoms with Crippen molar-refractivity contribution in [1.29, 1.82) is 10.5 Å². The summed E-state index contributed by atoms with van der Waals surface area (Å²) in [5.74, 6) is 0.410. The van der Waals surface area contributed by atoms with Gasteiger partial charge in [-0.05, 0) is 38.0 Å². The van der Waals surface area contributed by atoms with E-state index in [-0.39, 0.29) is 10.8 Å². The van der Waals surface area contributed by atoms with Gasteiger partial charge in [0.15, 0.2) is 0 Å². The summed E-state index contributed by atoms with van der Waals surface area (Å²) in [5, 5.41) is 18.2. The molecular weight excluding hydrogens is 172 g/mol. The number of nitriles is 2. The average molecular weight is 188 g/mol. The van der Waals surface area contributed by atoms with Gasteiger partial charge in [0.2, 0.25) is 0 Å². The van der Waals surface area contributed by atoms with Crippen molar-refractivity contribution >= 4 is 0 Å². The van der Waals surface area contributed by atoms with Crippen LogP contribution in [0.4, 0.5) is 0 Å². The summed E-state index contributed by atoms with van der Waals surface area (Å²) < 4.78 is 0. The molecule has 74 valence electrons. The van der Waals surface area contributed by atoms with E-state index in [0.717, 1.165) is 32.1 Å². The molecule has 2 aliphatic rings. The van der Waals surface area contributed by atoms with Gasteiger partial charge in [0.1, 0.15) is 0 Å². The second-order valence-corrected chi connectivity index (χ2v) is 5.12. The molecule has 2 heteroatoms. The molecule has 1 atom stereocenters. The molecule has 0 bridgehead atoms. The normalized spacial score (nSPS) is 27.9. The molecule has 2 saturated carbocycles. The lowest BCUT2D eigenvalue weighted by Crippen LogP contribution is -2.31. The maximum Gasteiger partial charge on any atom is 0.0692 e. The summed E-state index contributed by atoms with van der Waals surface area (Å²) in [6.07, 6.45) is 6.33. The molecule has 0 aromatic carbocycles. The molecule has 1 unspecified atom stereocenters. The van der Waals surface area contributed by atoms with Crippen LogP contribution < -0.4 is 0 Å². The second kappa shape index (κ2) is 2.99. The fourth-order valence-corrected chi connectivity index (χ4v) is 2.60. The van der Waals surface area contributed by atoms with E-state index >= 15 is 0 Å². The SMILES string of the molecule is CC(CC1(C#N)CCC1)C1(C#N)CC1. The number of rotatable bonds is 3. The van der Waals surface area contributed by atoms with Gasteiger partial charge in [-0.2, -0.15) is 10.5 Å². The van der Waals surface area contributed by atoms with Crippen molar-refractivity contribution in [3.63, 3.8) is 0 Å². The molecule has 0 radical (unpaired) electrons. The molecule has 0 saturated heterocycles. The van der Waals surface area contributed by atoms with Gasteiger partial charge in [0.25, 0.3) is 0 Å². The average Bonchev–Trinajstić information content (AvgIpc) is 2.91. The van der Waals surface area contributed by atoms with Crippen LogP contribution in [0.5, 0.6) is 0 Å². The molecule has 2 fully saturated rings. The largest absolute Gasteiger partial charge is 0.198 e. The Morgan fingerprint density at radius 3 is 2.07 bits per heavy atom. The molecule has 2 rings (SSSR count). The van der Waals surface area contributed by atoms with Crippen molar-refractivity contribution in [2.45, 2.75) is 45.4 Å². The van der Waals surface area contributed by atoms with E-state index in [2.05, 4.69) is 19.1 Å². The Kier molecular flexibility index (Phi) is 2.04. The van der Waals surface area contributed by atoms with E-state index in [4.69, 9.17) is 10.5 Å². The topological polar surface area (TPSA) is 47.6 Å². The van der Waals surface area contributed by atoms with Crippen LogP contribution in [0.15, 0.2) is 0 Å². The van der Waals surface area contributed by atoms with Gasteiger partial charge in [-0.1, -0.05) is 13.3 Å². The minimum Gasteiger partial charge on any atom is -0.198 e. The van der Waals surface area contributed by atoms with E-state index in [1.807, 2.05) is 0 Å². The Hall–Kier alpha value is -1.02. The monoisotopic (exact) mass is 188 g/mol. The Balaban J connectivity index is 1.99. The molecular formula is C12H16N2. The first-order chi connectivity index (χ1) is 6.66. The molecule has 2 aliphatic carbocycles. The summed E-state index contributed by atoms with van der Waals surface area (Å²) in [6.45, 7) is 2.15. The third-order valence-electron chi connectivity index (χ3n) is 4.20. The summed E-state index contributed by atoms with van der Waals surface area (Å²) in [4.78, 5) is 0. The molecule has 0 aromatic heterocycles. The third-order valence-corrected chi connectivity index (χ3v) is 4.20. The lowest BCUT2D eigenvalue weighted by Gasteiger charge is -2.38. The summed E-state index contributed by atoms with van der Waals surface area (Å²) >= 11 is 0. The van der Waals surface area contributed by atoms with Crippen molar-refractivity contribution in [2.24, 2.45) is 16.7 Å². The van der Waals surface area contributed by atoms with E-state index in [0.29, 0.717) is 5.92 Å². The van der Waals surface area contributed by atoms with Crippen molar-refractivity contribution in [3.05, 3.63) is 0 Å². The van der Waals surface area contributed by atoms with E-state index in [1.165, 1.54) is 6.42 Å². The zero-order valence-electron chi connectivity index (χ0n) is 8.71. The summed E-state index contributed by atoms with van der Waals surface area (Å²) in [5.41, 5.74) is -0.120. The van der Waals surface area contributed by atoms with Crippen LogP contribution in [-0.4, -0.2) is 0 Å². The highest BCUT2D eigenvalue weighted by Gasteiger charge is 2.51. The van der Waals surface area contributed by atoms with E-state index < -0.39 is 0 Å². The zero-order valence-corrected chi connectivity index (χ0v) is 8.71. The minimum absolute atomic E-state index is 0.0561. The molecule has 0 N–H and O–H groups in total. The zero-order chi connectivity index (χ0) is 10.2. The third kappa shape index (κ3) is 1.30. The molecule has 2 nitrogen and oxygen atoms in total. The predicted octanol–water partition coefficient (Wildman–Crippen LogP) is 3.01. The second-order valence-electron chi connectivity index (χ2n) is 5.12. The van der Waals surface area contributed by atoms with Gasteiger partial charge in [-0.25, -0.2) is 0 Å². The Morgan fingerprint density at radius 1 is 1.14 bits per heavy atom. The summed E-state index contributed by atoms with van der Waals surface area (Å²) in [7, 11) is 0. The maximum absolute atomic E-state index is 9.11.